The third kappa shape index (κ3) is 5.79. The molecule has 0 amide bonds. The van der Waals surface area contributed by atoms with Gasteiger partial charge in [-0.25, -0.2) is 9.05 Å². The van der Waals surface area contributed by atoms with Crippen molar-refractivity contribution in [1.29, 1.82) is 0 Å². The van der Waals surface area contributed by atoms with Gasteiger partial charge >= 0.3 is 77.3 Å². The maximum absolute atomic E-state index is 13.1. The topological polar surface area (TPSA) is 58.6 Å². The van der Waals surface area contributed by atoms with Gasteiger partial charge in [0.05, 0.1) is 0 Å². The number of rotatable bonds is 10. The quantitative estimate of drug-likeness (QED) is 0.240. The number of phosphoric acid groups is 1. The van der Waals surface area contributed by atoms with Crippen molar-refractivity contribution in [3.05, 3.63) is 0 Å². The molecule has 0 spiro atoms. The zero-order valence-electron chi connectivity index (χ0n) is 15.1. The van der Waals surface area contributed by atoms with Gasteiger partial charge in [-0.15, -0.1) is 0 Å². The summed E-state index contributed by atoms with van der Waals surface area (Å²) in [5, 5.41) is 0. The van der Waals surface area contributed by atoms with Crippen LogP contribution in [0.5, 0.6) is 0 Å². The van der Waals surface area contributed by atoms with E-state index in [1.165, 1.54) is 0 Å². The molecule has 0 aliphatic carbocycles. The van der Waals surface area contributed by atoms with Gasteiger partial charge in [-0.2, -0.15) is 70.2 Å². The molecular formula is C10H6F16NaO4P. The van der Waals surface area contributed by atoms with Gasteiger partial charge < -0.3 is 4.89 Å². The molecule has 0 aromatic heterocycles. The molecule has 0 unspecified atom stereocenters. The van der Waals surface area contributed by atoms with Crippen molar-refractivity contribution in [2.24, 2.45) is 0 Å². The van der Waals surface area contributed by atoms with Gasteiger partial charge in [0.2, 0.25) is 0 Å². The molecule has 0 saturated carbocycles. The Hall–Kier alpha value is -0.0100. The van der Waals surface area contributed by atoms with E-state index in [1.807, 2.05) is 0 Å². The summed E-state index contributed by atoms with van der Waals surface area (Å²) < 4.78 is 220. The number of hydrogen-bond donors (Lipinski definition) is 0. The Balaban J connectivity index is 0. The van der Waals surface area contributed by atoms with Crippen LogP contribution in [-0.2, 0) is 13.6 Å². The Bertz CT molecular complexity index is 659. The predicted molar refractivity (Wildman–Crippen MR) is 60.7 cm³/mol. The van der Waals surface area contributed by atoms with Gasteiger partial charge in [0.1, 0.15) is 0 Å². The van der Waals surface area contributed by atoms with Crippen molar-refractivity contribution in [2.45, 2.75) is 61.6 Å². The third-order valence-corrected chi connectivity index (χ3v) is 3.98. The van der Waals surface area contributed by atoms with E-state index in [4.69, 9.17) is 0 Å². The third-order valence-electron chi connectivity index (χ3n) is 3.08. The molecule has 4 nitrogen and oxygen atoms in total. The number of halogens is 16. The summed E-state index contributed by atoms with van der Waals surface area (Å²) in [5.74, 6) is -41.7. The average Bonchev–Trinajstić information content (AvgIpc) is 2.41. The van der Waals surface area contributed by atoms with Crippen molar-refractivity contribution >= 4 is 7.82 Å². The summed E-state index contributed by atoms with van der Waals surface area (Å²) >= 11 is 0. The Morgan fingerprint density at radius 1 is 0.531 bits per heavy atom. The molecule has 0 rings (SSSR count). The molecule has 0 aliphatic heterocycles. The molecule has 0 bridgehead atoms. The molecule has 0 aromatic carbocycles. The average molecular weight is 548 g/mol. The summed E-state index contributed by atoms with van der Waals surface area (Å²) in [5.41, 5.74) is 0. The monoisotopic (exact) mass is 548 g/mol. The van der Waals surface area contributed by atoms with Gasteiger partial charge in [-0.05, 0) is 0 Å². The van der Waals surface area contributed by atoms with Crippen LogP contribution in [0.25, 0.3) is 0 Å². The van der Waals surface area contributed by atoms with Crippen molar-refractivity contribution in [3.8, 4) is 0 Å². The maximum atomic E-state index is 13.1. The SMILES string of the molecule is CC(F)(F)C(F)(F)C(F)(F)C(F)(F)OP(=O)([O-])OC(F)(F)C(F)(F)C(F)(F)C(C)(F)F.[Na+]. The van der Waals surface area contributed by atoms with Gasteiger partial charge in [0, 0.05) is 13.8 Å². The van der Waals surface area contributed by atoms with Crippen LogP contribution in [0.4, 0.5) is 70.2 Å². The fourth-order valence-electron chi connectivity index (χ4n) is 1.33. The first kappa shape index (κ1) is 34.2. The molecule has 0 heterocycles. The van der Waals surface area contributed by atoms with Gasteiger partial charge in [-0.3, -0.25) is 4.57 Å². The van der Waals surface area contributed by atoms with Crippen LogP contribution in [-0.4, -0.2) is 47.8 Å². The van der Waals surface area contributed by atoms with Crippen LogP contribution in [0.1, 0.15) is 13.8 Å². The molecule has 0 atom stereocenters. The van der Waals surface area contributed by atoms with Crippen molar-refractivity contribution < 1.29 is 118 Å². The summed E-state index contributed by atoms with van der Waals surface area (Å²) in [6, 6.07) is 0. The fourth-order valence-corrected chi connectivity index (χ4v) is 2.16. The normalized spacial score (nSPS) is 16.1. The predicted octanol–water partition coefficient (Wildman–Crippen LogP) is 2.53. The standard InChI is InChI=1S/C10H7F16O4P.Na/c1-3(11,12)5(15,16)7(19,20)9(23,24)29-31(27,28)30-10(25,26)8(21,22)6(17,18)4(2,13)14;/h1-2H3,(H,27,28);/q;+1/p-1. The zero-order chi connectivity index (χ0) is 25.9. The van der Waals surface area contributed by atoms with E-state index >= 15 is 0 Å². The van der Waals surface area contributed by atoms with Crippen LogP contribution >= 0.6 is 7.82 Å². The molecule has 0 saturated heterocycles. The first-order valence-corrected chi connectivity index (χ1v) is 8.12. The molecule has 0 fully saturated rings. The van der Waals surface area contributed by atoms with Crippen molar-refractivity contribution in [3.63, 3.8) is 0 Å². The number of alkyl halides is 16. The summed E-state index contributed by atoms with van der Waals surface area (Å²) in [4.78, 5) is 10.8. The van der Waals surface area contributed by atoms with E-state index in [2.05, 4.69) is 0 Å². The Kier molecular flexibility index (Phi) is 9.49. The zero-order valence-corrected chi connectivity index (χ0v) is 18.0. The summed E-state index contributed by atoms with van der Waals surface area (Å²) in [6.07, 6.45) is -14.9. The molecule has 0 N–H and O–H groups in total. The van der Waals surface area contributed by atoms with E-state index in [9.17, 15) is 79.7 Å². The molecule has 0 aromatic rings. The Morgan fingerprint density at radius 3 is 0.875 bits per heavy atom. The van der Waals surface area contributed by atoms with E-state index in [-0.39, 0.29) is 29.6 Å². The van der Waals surface area contributed by atoms with Gasteiger partial charge in [0.15, 0.2) is 0 Å². The van der Waals surface area contributed by atoms with Gasteiger partial charge in [-0.1, -0.05) is 0 Å². The van der Waals surface area contributed by atoms with Crippen LogP contribution in [0.2, 0.25) is 0 Å². The minimum atomic E-state index is -8.24. The smallest absolute Gasteiger partial charge is 0.756 e. The number of phosphoric ester groups is 1. The Morgan fingerprint density at radius 2 is 0.719 bits per heavy atom. The second kappa shape index (κ2) is 8.89. The van der Waals surface area contributed by atoms with Crippen molar-refractivity contribution in [2.75, 3.05) is 0 Å². The largest absolute Gasteiger partial charge is 1.00 e. The second-order valence-electron chi connectivity index (χ2n) is 5.74. The van der Waals surface area contributed by atoms with Crippen LogP contribution < -0.4 is 34.5 Å². The van der Waals surface area contributed by atoms with Gasteiger partial charge in [0.25, 0.3) is 7.82 Å². The minimum Gasteiger partial charge on any atom is -0.756 e. The van der Waals surface area contributed by atoms with Crippen molar-refractivity contribution in [1.82, 2.24) is 0 Å². The molecule has 0 aliphatic rings. The van der Waals surface area contributed by atoms with Crippen LogP contribution in [0.15, 0.2) is 0 Å². The maximum Gasteiger partial charge on any atom is 1.00 e. The number of hydrogen-bond acceptors (Lipinski definition) is 4. The van der Waals surface area contributed by atoms with Crippen LogP contribution in [0.3, 0.4) is 0 Å². The molecular weight excluding hydrogens is 542 g/mol. The molecule has 0 radical (unpaired) electrons. The Labute approximate surface area is 188 Å². The van der Waals surface area contributed by atoms with E-state index in [0.29, 0.717) is 0 Å². The molecule has 32 heavy (non-hydrogen) atoms. The second-order valence-corrected chi connectivity index (χ2v) is 7.00. The van der Waals surface area contributed by atoms with E-state index < -0.39 is 69.4 Å². The summed E-state index contributed by atoms with van der Waals surface area (Å²) in [7, 11) is -8.24. The summed E-state index contributed by atoms with van der Waals surface area (Å²) in [6.45, 7) is -2.18. The fraction of sp³-hybridized carbons (Fsp3) is 1.00. The minimum absolute atomic E-state index is 0. The van der Waals surface area contributed by atoms with E-state index in [0.717, 1.165) is 0 Å². The van der Waals surface area contributed by atoms with Crippen LogP contribution in [0, 0.1) is 0 Å². The first-order valence-electron chi connectivity index (χ1n) is 6.66. The molecule has 188 valence electrons. The van der Waals surface area contributed by atoms with E-state index in [1.54, 1.807) is 9.05 Å². The first-order chi connectivity index (χ1) is 12.9. The molecule has 22 heteroatoms.